The lowest BCUT2D eigenvalue weighted by atomic mass is 10.1. The summed E-state index contributed by atoms with van der Waals surface area (Å²) in [6, 6.07) is 9.07. The molecule has 0 unspecified atom stereocenters. The Bertz CT molecular complexity index is 599. The lowest BCUT2D eigenvalue weighted by molar-refractivity contribution is 0.585. The quantitative estimate of drug-likeness (QED) is 0.873. The van der Waals surface area contributed by atoms with Gasteiger partial charge in [0.1, 0.15) is 0 Å². The number of nitriles is 1. The molecule has 0 aliphatic carbocycles. The molecule has 17 heavy (non-hydrogen) atoms. The molecule has 0 saturated heterocycles. The predicted molar refractivity (Wildman–Crippen MR) is 65.5 cm³/mol. The number of hydrogen-bond donors (Lipinski definition) is 1. The number of H-pyrrole nitrogens is 1. The minimum atomic E-state index is -0.0171. The zero-order valence-corrected chi connectivity index (χ0v) is 9.60. The minimum absolute atomic E-state index is 0.0171. The Labute approximate surface area is 99.1 Å². The lowest BCUT2D eigenvalue weighted by Gasteiger charge is -1.97. The van der Waals surface area contributed by atoms with E-state index in [0.717, 1.165) is 12.0 Å². The number of aromatic nitrogens is 2. The molecule has 0 fully saturated rings. The first-order valence-electron chi connectivity index (χ1n) is 5.55. The second-order valence-electron chi connectivity index (χ2n) is 3.83. The van der Waals surface area contributed by atoms with Crippen LogP contribution in [-0.4, -0.2) is 9.78 Å². The van der Waals surface area contributed by atoms with E-state index in [1.54, 1.807) is 35.1 Å². The summed E-state index contributed by atoms with van der Waals surface area (Å²) in [5, 5.41) is 11.6. The van der Waals surface area contributed by atoms with Crippen molar-refractivity contribution in [3.8, 4) is 17.2 Å². The molecule has 1 N–H and O–H groups in total. The highest BCUT2D eigenvalue weighted by Crippen LogP contribution is 2.15. The fourth-order valence-electron chi connectivity index (χ4n) is 1.73. The zero-order valence-electron chi connectivity index (χ0n) is 9.60. The van der Waals surface area contributed by atoms with Gasteiger partial charge >= 0.3 is 0 Å². The van der Waals surface area contributed by atoms with Crippen molar-refractivity contribution in [3.05, 3.63) is 46.4 Å². The monoisotopic (exact) mass is 227 g/mol. The molecule has 0 saturated carbocycles. The highest BCUT2D eigenvalue weighted by atomic mass is 16.1. The second kappa shape index (κ2) is 4.71. The van der Waals surface area contributed by atoms with E-state index in [0.29, 0.717) is 17.7 Å². The van der Waals surface area contributed by atoms with E-state index in [9.17, 15) is 4.79 Å². The highest BCUT2D eigenvalue weighted by molar-refractivity contribution is 5.62. The van der Waals surface area contributed by atoms with Crippen LogP contribution in [0.1, 0.15) is 18.9 Å². The molecule has 2 aromatic rings. The van der Waals surface area contributed by atoms with Crippen molar-refractivity contribution >= 4 is 0 Å². The molecule has 0 spiro atoms. The molecule has 0 bridgehead atoms. The Morgan fingerprint density at radius 3 is 2.65 bits per heavy atom. The molecule has 0 aliphatic heterocycles. The van der Waals surface area contributed by atoms with Gasteiger partial charge in [-0.2, -0.15) is 5.26 Å². The van der Waals surface area contributed by atoms with E-state index < -0.39 is 0 Å². The molecular weight excluding hydrogens is 214 g/mol. The minimum Gasteiger partial charge on any atom is -0.302 e. The van der Waals surface area contributed by atoms with Crippen LogP contribution in [0.4, 0.5) is 0 Å². The van der Waals surface area contributed by atoms with Gasteiger partial charge in [-0.15, -0.1) is 0 Å². The number of nitrogens with zero attached hydrogens (tertiary/aromatic N) is 2. The average molecular weight is 227 g/mol. The zero-order chi connectivity index (χ0) is 12.3. The van der Waals surface area contributed by atoms with Crippen LogP contribution < -0.4 is 5.56 Å². The molecule has 4 nitrogen and oxygen atoms in total. The van der Waals surface area contributed by atoms with E-state index >= 15 is 0 Å². The van der Waals surface area contributed by atoms with Gasteiger partial charge in [0.25, 0.3) is 5.56 Å². The molecule has 0 atom stereocenters. The molecule has 0 amide bonds. The molecule has 1 aromatic heterocycles. The first kappa shape index (κ1) is 11.2. The Morgan fingerprint density at radius 1 is 1.35 bits per heavy atom. The number of nitrogens with one attached hydrogen (secondary N) is 1. The van der Waals surface area contributed by atoms with Crippen LogP contribution in [0.2, 0.25) is 0 Å². The standard InChI is InChI=1S/C13H13N3O/c1-2-7-16-13(17)12(9-15-16)11-5-3-10(8-14)4-6-11/h3-6,9,15H,2,7H2,1H3. The smallest absolute Gasteiger partial charge is 0.274 e. The van der Waals surface area contributed by atoms with E-state index in [2.05, 4.69) is 11.2 Å². The van der Waals surface area contributed by atoms with Crippen molar-refractivity contribution in [2.75, 3.05) is 0 Å². The van der Waals surface area contributed by atoms with Gasteiger partial charge in [-0.25, -0.2) is 0 Å². The van der Waals surface area contributed by atoms with Crippen molar-refractivity contribution in [1.29, 1.82) is 5.26 Å². The summed E-state index contributed by atoms with van der Waals surface area (Å²) in [5.74, 6) is 0. The third-order valence-electron chi connectivity index (χ3n) is 2.61. The van der Waals surface area contributed by atoms with Crippen molar-refractivity contribution in [2.24, 2.45) is 0 Å². The summed E-state index contributed by atoms with van der Waals surface area (Å²) in [6.45, 7) is 2.71. The van der Waals surface area contributed by atoms with Gasteiger partial charge in [-0.05, 0) is 24.1 Å². The van der Waals surface area contributed by atoms with Crippen LogP contribution in [0.25, 0.3) is 11.1 Å². The van der Waals surface area contributed by atoms with Gasteiger partial charge in [-0.1, -0.05) is 19.1 Å². The second-order valence-corrected chi connectivity index (χ2v) is 3.83. The maximum absolute atomic E-state index is 12.0. The Balaban J connectivity index is 2.40. The normalized spacial score (nSPS) is 10.1. The molecule has 2 rings (SSSR count). The molecule has 1 heterocycles. The Kier molecular flexibility index (Phi) is 3.10. The maximum atomic E-state index is 12.0. The first-order valence-corrected chi connectivity index (χ1v) is 5.55. The number of benzene rings is 1. The van der Waals surface area contributed by atoms with E-state index in [-0.39, 0.29) is 5.56 Å². The van der Waals surface area contributed by atoms with Gasteiger partial charge in [0.05, 0.1) is 17.2 Å². The molecule has 1 aromatic carbocycles. The summed E-state index contributed by atoms with van der Waals surface area (Å²) in [7, 11) is 0. The molecule has 86 valence electrons. The van der Waals surface area contributed by atoms with Crippen LogP contribution in [0, 0.1) is 11.3 Å². The largest absolute Gasteiger partial charge is 0.302 e. The molecule has 0 radical (unpaired) electrons. The van der Waals surface area contributed by atoms with Gasteiger partial charge < -0.3 is 5.10 Å². The van der Waals surface area contributed by atoms with Gasteiger partial charge in [-0.3, -0.25) is 9.48 Å². The summed E-state index contributed by atoms with van der Waals surface area (Å²) in [5.41, 5.74) is 2.05. The first-order chi connectivity index (χ1) is 8.26. The fraction of sp³-hybridized carbons (Fsp3) is 0.231. The van der Waals surface area contributed by atoms with E-state index in [1.165, 1.54) is 0 Å². The lowest BCUT2D eigenvalue weighted by Crippen LogP contribution is -2.17. The van der Waals surface area contributed by atoms with Crippen molar-refractivity contribution < 1.29 is 0 Å². The van der Waals surface area contributed by atoms with E-state index in [1.807, 2.05) is 6.92 Å². The van der Waals surface area contributed by atoms with Crippen molar-refractivity contribution in [1.82, 2.24) is 9.78 Å². The Morgan fingerprint density at radius 2 is 2.06 bits per heavy atom. The van der Waals surface area contributed by atoms with Crippen molar-refractivity contribution in [3.63, 3.8) is 0 Å². The maximum Gasteiger partial charge on any atom is 0.274 e. The third-order valence-corrected chi connectivity index (χ3v) is 2.61. The fourth-order valence-corrected chi connectivity index (χ4v) is 1.73. The summed E-state index contributed by atoms with van der Waals surface area (Å²) >= 11 is 0. The van der Waals surface area contributed by atoms with Gasteiger partial charge in [0.2, 0.25) is 0 Å². The SMILES string of the molecule is CCCn1[nH]cc(-c2ccc(C#N)cc2)c1=O. The third kappa shape index (κ3) is 2.13. The number of aryl methyl sites for hydroxylation is 1. The van der Waals surface area contributed by atoms with Crippen LogP contribution in [0.3, 0.4) is 0 Å². The van der Waals surface area contributed by atoms with Crippen LogP contribution in [-0.2, 0) is 6.54 Å². The average Bonchev–Trinajstić information content (AvgIpc) is 2.72. The predicted octanol–water partition coefficient (Wildman–Crippen LogP) is 2.13. The molecule has 4 heteroatoms. The van der Waals surface area contributed by atoms with Crippen LogP contribution in [0.5, 0.6) is 0 Å². The highest BCUT2D eigenvalue weighted by Gasteiger charge is 2.07. The topological polar surface area (TPSA) is 61.6 Å². The number of aromatic amines is 1. The van der Waals surface area contributed by atoms with E-state index in [4.69, 9.17) is 5.26 Å². The van der Waals surface area contributed by atoms with Crippen LogP contribution >= 0.6 is 0 Å². The summed E-state index contributed by atoms with van der Waals surface area (Å²) in [6.07, 6.45) is 2.62. The summed E-state index contributed by atoms with van der Waals surface area (Å²) in [4.78, 5) is 12.0. The number of hydrogen-bond acceptors (Lipinski definition) is 2. The van der Waals surface area contributed by atoms with Gasteiger partial charge in [0.15, 0.2) is 0 Å². The Hall–Kier alpha value is -2.28. The van der Waals surface area contributed by atoms with Gasteiger partial charge in [0, 0.05) is 12.7 Å². The van der Waals surface area contributed by atoms with Crippen molar-refractivity contribution in [2.45, 2.75) is 19.9 Å². The number of rotatable bonds is 3. The molecule has 0 aliphatic rings. The van der Waals surface area contributed by atoms with Crippen LogP contribution in [0.15, 0.2) is 35.3 Å². The molecular formula is C13H13N3O. The summed E-state index contributed by atoms with van der Waals surface area (Å²) < 4.78 is 1.59.